The maximum absolute atomic E-state index is 14.5. The molecular weight excluding hydrogens is 512 g/mol. The number of β-amino-alcohol motifs (C(OH)–C–C–N with tert-alkyl or cyclic N) is 1. The first-order valence-electron chi connectivity index (χ1n) is 9.41. The van der Waals surface area contributed by atoms with Gasteiger partial charge in [-0.1, -0.05) is 0 Å². The Hall–Kier alpha value is -1.89. The molecule has 2 heterocycles. The van der Waals surface area contributed by atoms with Crippen molar-refractivity contribution in [3.05, 3.63) is 56.9 Å². The van der Waals surface area contributed by atoms with Crippen molar-refractivity contribution in [1.82, 2.24) is 15.5 Å². The summed E-state index contributed by atoms with van der Waals surface area (Å²) in [6, 6.07) is 6.54. The molecule has 4 N–H and O–H groups in total. The van der Waals surface area contributed by atoms with Gasteiger partial charge >= 0.3 is 0 Å². The Labute approximate surface area is 185 Å². The predicted octanol–water partition coefficient (Wildman–Crippen LogP) is 2.20. The number of carbonyl (C=O) groups is 1. The zero-order valence-electron chi connectivity index (χ0n) is 15.8. The van der Waals surface area contributed by atoms with Crippen LogP contribution in [0.5, 0.6) is 0 Å². The third-order valence-electron chi connectivity index (χ3n) is 5.27. The third-order valence-corrected chi connectivity index (χ3v) is 5.95. The van der Waals surface area contributed by atoms with Gasteiger partial charge in [-0.3, -0.25) is 4.79 Å². The second kappa shape index (κ2) is 8.33. The maximum atomic E-state index is 14.5. The highest BCUT2D eigenvalue weighted by Crippen LogP contribution is 2.31. The van der Waals surface area contributed by atoms with E-state index >= 15 is 0 Å². The lowest BCUT2D eigenvalue weighted by atomic mass is 9.92. The van der Waals surface area contributed by atoms with Gasteiger partial charge < -0.3 is 26.0 Å². The number of halogens is 4. The van der Waals surface area contributed by atoms with Crippen LogP contribution in [-0.2, 0) is 0 Å². The molecule has 0 unspecified atom stereocenters. The summed E-state index contributed by atoms with van der Waals surface area (Å²) in [5, 5.41) is 19.4. The first-order valence-corrected chi connectivity index (χ1v) is 10.5. The molecule has 0 aromatic heterocycles. The van der Waals surface area contributed by atoms with Crippen LogP contribution in [0.4, 0.5) is 24.5 Å². The number of benzene rings is 2. The lowest BCUT2D eigenvalue weighted by molar-refractivity contribution is -0.0804. The number of amides is 1. The van der Waals surface area contributed by atoms with E-state index in [9.17, 15) is 23.1 Å². The molecule has 0 saturated carbocycles. The summed E-state index contributed by atoms with van der Waals surface area (Å²) in [5.74, 6) is -3.65. The normalized spacial score (nSPS) is 18.0. The lowest BCUT2D eigenvalue weighted by Crippen LogP contribution is -2.69. The van der Waals surface area contributed by atoms with E-state index in [0.29, 0.717) is 16.2 Å². The van der Waals surface area contributed by atoms with E-state index < -0.39 is 34.6 Å². The van der Waals surface area contributed by atoms with E-state index in [1.807, 2.05) is 22.6 Å². The number of carbonyl (C=O) groups excluding carboxylic acids is 1. The topological polar surface area (TPSA) is 76.6 Å². The van der Waals surface area contributed by atoms with Crippen molar-refractivity contribution >= 4 is 39.9 Å². The van der Waals surface area contributed by atoms with Gasteiger partial charge in [0.25, 0.3) is 5.91 Å². The Morgan fingerprint density at radius 1 is 1.20 bits per heavy atom. The van der Waals surface area contributed by atoms with Crippen LogP contribution in [0.1, 0.15) is 10.4 Å². The van der Waals surface area contributed by atoms with Crippen LogP contribution in [0.25, 0.3) is 0 Å². The summed E-state index contributed by atoms with van der Waals surface area (Å²) in [6.07, 6.45) is 0. The predicted molar refractivity (Wildman–Crippen MR) is 114 cm³/mol. The molecule has 10 heteroatoms. The monoisotopic (exact) mass is 532 g/mol. The van der Waals surface area contributed by atoms with Gasteiger partial charge in [-0.15, -0.1) is 0 Å². The zero-order chi connectivity index (χ0) is 21.5. The van der Waals surface area contributed by atoms with Gasteiger partial charge in [0.2, 0.25) is 0 Å². The smallest absolute Gasteiger partial charge is 0.256 e. The van der Waals surface area contributed by atoms with E-state index in [0.717, 1.165) is 25.2 Å². The van der Waals surface area contributed by atoms with E-state index in [1.165, 1.54) is 17.0 Å². The van der Waals surface area contributed by atoms with Crippen LogP contribution in [0.15, 0.2) is 30.3 Å². The molecule has 0 bridgehead atoms. The number of hydrogen-bond acceptors (Lipinski definition) is 5. The Kier molecular flexibility index (Phi) is 5.93. The van der Waals surface area contributed by atoms with Crippen molar-refractivity contribution < 1.29 is 23.1 Å². The molecule has 2 aromatic carbocycles. The molecule has 0 radical (unpaired) electrons. The highest BCUT2D eigenvalue weighted by atomic mass is 127. The molecule has 6 nitrogen and oxygen atoms in total. The molecular formula is C20H20F3IN4O2. The minimum Gasteiger partial charge on any atom is -0.385 e. The molecule has 1 amide bonds. The summed E-state index contributed by atoms with van der Waals surface area (Å²) in [4.78, 5) is 14.2. The van der Waals surface area contributed by atoms with E-state index in [-0.39, 0.29) is 24.3 Å². The van der Waals surface area contributed by atoms with Crippen molar-refractivity contribution in [2.24, 2.45) is 0 Å². The highest BCUT2D eigenvalue weighted by Gasteiger charge is 2.44. The first kappa shape index (κ1) is 21.3. The van der Waals surface area contributed by atoms with Crippen LogP contribution < -0.4 is 16.0 Å². The largest absolute Gasteiger partial charge is 0.385 e. The van der Waals surface area contributed by atoms with Crippen molar-refractivity contribution in [2.75, 3.05) is 38.0 Å². The molecule has 30 heavy (non-hydrogen) atoms. The molecule has 2 saturated heterocycles. The number of hydrogen-bond donors (Lipinski definition) is 4. The van der Waals surface area contributed by atoms with Gasteiger partial charge in [0.15, 0.2) is 11.6 Å². The second-order valence-corrected chi connectivity index (χ2v) is 8.90. The molecule has 2 aromatic rings. The molecule has 4 rings (SSSR count). The fourth-order valence-corrected chi connectivity index (χ4v) is 3.89. The molecule has 0 spiro atoms. The molecule has 0 atom stereocenters. The molecule has 0 aliphatic carbocycles. The number of aliphatic hydroxyl groups is 1. The molecule has 2 aliphatic rings. The van der Waals surface area contributed by atoms with Gasteiger partial charge in [-0.05, 0) is 52.9 Å². The SMILES string of the molecule is O=C(c1ccc(F)c(F)c1Nc1ccc(I)cc1F)N1CC(O)(CNC2CNC2)C1. The van der Waals surface area contributed by atoms with Crippen LogP contribution in [0.2, 0.25) is 0 Å². The van der Waals surface area contributed by atoms with E-state index in [2.05, 4.69) is 16.0 Å². The van der Waals surface area contributed by atoms with Gasteiger partial charge in [-0.2, -0.15) is 0 Å². The van der Waals surface area contributed by atoms with Gasteiger partial charge in [0.1, 0.15) is 11.4 Å². The van der Waals surface area contributed by atoms with Crippen LogP contribution in [-0.4, -0.2) is 60.3 Å². The summed E-state index contributed by atoms with van der Waals surface area (Å²) < 4.78 is 43.2. The molecule has 2 aliphatic heterocycles. The summed E-state index contributed by atoms with van der Waals surface area (Å²) in [5.41, 5.74) is -1.72. The van der Waals surface area contributed by atoms with Crippen molar-refractivity contribution in [2.45, 2.75) is 11.6 Å². The van der Waals surface area contributed by atoms with Crippen molar-refractivity contribution in [3.8, 4) is 0 Å². The standard InChI is InChI=1S/C20H20F3IN4O2/c21-14-3-2-13(18(17(14)23)27-16-4-1-11(24)5-15(16)22)19(29)28-9-20(30,10-28)8-26-12-6-25-7-12/h1-5,12,25-27,30H,6-10H2. The van der Waals surface area contributed by atoms with Gasteiger partial charge in [-0.25, -0.2) is 13.2 Å². The fourth-order valence-electron chi connectivity index (χ4n) is 3.43. The number of nitrogens with one attached hydrogen (secondary N) is 3. The Balaban J connectivity index is 1.51. The number of rotatable bonds is 6. The van der Waals surface area contributed by atoms with Crippen LogP contribution in [0, 0.1) is 21.0 Å². The zero-order valence-corrected chi connectivity index (χ0v) is 18.0. The minimum absolute atomic E-state index is 0.0648. The number of likely N-dealkylation sites (tertiary alicyclic amines) is 1. The summed E-state index contributed by atoms with van der Waals surface area (Å²) >= 11 is 1.93. The maximum Gasteiger partial charge on any atom is 0.256 e. The average Bonchev–Trinajstić information content (AvgIpc) is 2.63. The first-order chi connectivity index (χ1) is 14.3. The lowest BCUT2D eigenvalue weighted by Gasteiger charge is -2.47. The third kappa shape index (κ3) is 4.27. The van der Waals surface area contributed by atoms with E-state index in [1.54, 1.807) is 6.07 Å². The quantitative estimate of drug-likeness (QED) is 0.430. The average molecular weight is 532 g/mol. The second-order valence-electron chi connectivity index (χ2n) is 7.65. The van der Waals surface area contributed by atoms with Crippen LogP contribution >= 0.6 is 22.6 Å². The van der Waals surface area contributed by atoms with Crippen molar-refractivity contribution in [3.63, 3.8) is 0 Å². The molecule has 160 valence electrons. The Morgan fingerprint density at radius 2 is 1.93 bits per heavy atom. The van der Waals surface area contributed by atoms with Gasteiger partial charge in [0, 0.05) is 29.2 Å². The van der Waals surface area contributed by atoms with E-state index in [4.69, 9.17) is 0 Å². The Bertz CT molecular complexity index is 981. The summed E-state index contributed by atoms with van der Waals surface area (Å²) in [7, 11) is 0. The van der Waals surface area contributed by atoms with Gasteiger partial charge in [0.05, 0.1) is 30.0 Å². The van der Waals surface area contributed by atoms with Crippen molar-refractivity contribution in [1.29, 1.82) is 0 Å². The number of anilines is 2. The Morgan fingerprint density at radius 3 is 2.57 bits per heavy atom. The molecule has 2 fully saturated rings. The minimum atomic E-state index is -1.27. The number of nitrogens with zero attached hydrogens (tertiary/aromatic N) is 1. The highest BCUT2D eigenvalue weighted by molar-refractivity contribution is 14.1. The van der Waals surface area contributed by atoms with Crippen LogP contribution in [0.3, 0.4) is 0 Å². The fraction of sp³-hybridized carbons (Fsp3) is 0.350. The summed E-state index contributed by atoms with van der Waals surface area (Å²) in [6.45, 7) is 2.12.